The van der Waals surface area contributed by atoms with E-state index in [4.69, 9.17) is 4.42 Å². The Morgan fingerprint density at radius 1 is 1.00 bits per heavy atom. The normalized spacial score (nSPS) is 14.6. The molecule has 1 aliphatic rings. The van der Waals surface area contributed by atoms with E-state index in [2.05, 4.69) is 0 Å². The topological polar surface area (TPSA) is 82.9 Å². The lowest BCUT2D eigenvalue weighted by molar-refractivity contribution is -0.144. The summed E-state index contributed by atoms with van der Waals surface area (Å²) in [7, 11) is 0. The molecule has 1 aliphatic heterocycles. The van der Waals surface area contributed by atoms with Crippen molar-refractivity contribution < 1.29 is 36.4 Å². The predicted molar refractivity (Wildman–Crippen MR) is 96.0 cm³/mol. The lowest BCUT2D eigenvalue weighted by Gasteiger charge is -2.33. The molecule has 0 atom stereocenters. The van der Waals surface area contributed by atoms with Crippen LogP contribution in [0.3, 0.4) is 0 Å². The Labute approximate surface area is 168 Å². The summed E-state index contributed by atoms with van der Waals surface area (Å²) >= 11 is 0. The number of carbonyl (C=O) groups excluding carboxylic acids is 3. The molecule has 1 aromatic carbocycles. The fourth-order valence-electron chi connectivity index (χ4n) is 2.97. The minimum atomic E-state index is -4.94. The number of aryl methyl sites for hydroxylation is 1. The summed E-state index contributed by atoms with van der Waals surface area (Å²) in [6, 6.07) is 5.10. The van der Waals surface area contributed by atoms with Crippen LogP contribution in [0.15, 0.2) is 34.7 Å². The van der Waals surface area contributed by atoms with Gasteiger partial charge >= 0.3 is 18.0 Å². The van der Waals surface area contributed by atoms with Gasteiger partial charge in [0.05, 0.1) is 5.56 Å². The highest BCUT2D eigenvalue weighted by Crippen LogP contribution is 2.33. The van der Waals surface area contributed by atoms with E-state index in [0.29, 0.717) is 17.9 Å². The Bertz CT molecular complexity index is 978. The van der Waals surface area contributed by atoms with Gasteiger partial charge in [-0.3, -0.25) is 14.4 Å². The number of furan rings is 1. The monoisotopic (exact) mass is 427 g/mol. The molecule has 1 fully saturated rings. The van der Waals surface area contributed by atoms with E-state index < -0.39 is 29.4 Å². The van der Waals surface area contributed by atoms with E-state index in [0.717, 1.165) is 6.07 Å². The quantitative estimate of drug-likeness (QED) is 0.590. The van der Waals surface area contributed by atoms with E-state index in [9.17, 15) is 31.9 Å². The molecule has 0 unspecified atom stereocenters. The molecule has 0 aliphatic carbocycles. The van der Waals surface area contributed by atoms with Crippen LogP contribution in [0.25, 0.3) is 0 Å². The summed E-state index contributed by atoms with van der Waals surface area (Å²) in [4.78, 5) is 39.4. The summed E-state index contributed by atoms with van der Waals surface area (Å²) in [6.45, 7) is 2.15. The van der Waals surface area contributed by atoms with Crippen molar-refractivity contribution in [3.8, 4) is 0 Å². The van der Waals surface area contributed by atoms with Crippen LogP contribution in [0.4, 0.5) is 23.2 Å². The van der Waals surface area contributed by atoms with E-state index in [-0.39, 0.29) is 43.5 Å². The average Bonchev–Trinajstić information content (AvgIpc) is 3.14. The first kappa shape index (κ1) is 21.3. The van der Waals surface area contributed by atoms with Gasteiger partial charge in [0, 0.05) is 31.9 Å². The zero-order valence-corrected chi connectivity index (χ0v) is 15.8. The predicted octanol–water partition coefficient (Wildman–Crippen LogP) is 2.67. The van der Waals surface area contributed by atoms with Gasteiger partial charge in [-0.2, -0.15) is 13.2 Å². The Hall–Kier alpha value is -3.37. The van der Waals surface area contributed by atoms with Crippen molar-refractivity contribution in [2.75, 3.05) is 31.5 Å². The van der Waals surface area contributed by atoms with E-state index in [1.165, 1.54) is 9.80 Å². The Morgan fingerprint density at radius 2 is 1.63 bits per heavy atom. The maximum absolute atomic E-state index is 13.3. The SMILES string of the molecule is Cc1ccc(C(=O)N2CCN(C(=O)C(=O)Nc3ccc(F)c(C(F)(F)F)c3)CC2)o1. The van der Waals surface area contributed by atoms with Crippen molar-refractivity contribution in [2.24, 2.45) is 0 Å². The lowest BCUT2D eigenvalue weighted by atomic mass is 10.1. The minimum Gasteiger partial charge on any atom is -0.456 e. The molecule has 0 saturated carbocycles. The standard InChI is InChI=1S/C19H17F4N3O4/c1-11-2-5-15(30-11)17(28)25-6-8-26(9-7-25)18(29)16(27)24-12-3-4-14(20)13(10-12)19(21,22)23/h2-5,10H,6-9H2,1H3,(H,24,27). The summed E-state index contributed by atoms with van der Waals surface area (Å²) in [6.07, 6.45) is -4.94. The number of rotatable bonds is 2. The van der Waals surface area contributed by atoms with Crippen LogP contribution in [-0.2, 0) is 15.8 Å². The van der Waals surface area contributed by atoms with Crippen LogP contribution in [-0.4, -0.2) is 53.7 Å². The molecule has 1 saturated heterocycles. The molecule has 2 heterocycles. The van der Waals surface area contributed by atoms with E-state index >= 15 is 0 Å². The molecule has 3 rings (SSSR count). The number of amides is 3. The number of benzene rings is 1. The molecule has 30 heavy (non-hydrogen) atoms. The van der Waals surface area contributed by atoms with Crippen molar-refractivity contribution in [1.82, 2.24) is 9.80 Å². The van der Waals surface area contributed by atoms with Crippen LogP contribution in [0, 0.1) is 12.7 Å². The molecule has 0 spiro atoms. The summed E-state index contributed by atoms with van der Waals surface area (Å²) in [5.74, 6) is -3.20. The van der Waals surface area contributed by atoms with Gasteiger partial charge in [-0.25, -0.2) is 4.39 Å². The highest BCUT2D eigenvalue weighted by molar-refractivity contribution is 6.39. The van der Waals surface area contributed by atoms with Crippen molar-refractivity contribution >= 4 is 23.4 Å². The fraction of sp³-hybridized carbons (Fsp3) is 0.316. The number of hydrogen-bond acceptors (Lipinski definition) is 4. The Balaban J connectivity index is 1.59. The second kappa shape index (κ2) is 8.17. The van der Waals surface area contributed by atoms with Crippen LogP contribution >= 0.6 is 0 Å². The number of alkyl halides is 3. The smallest absolute Gasteiger partial charge is 0.419 e. The third-order valence-corrected chi connectivity index (χ3v) is 4.53. The van der Waals surface area contributed by atoms with Crippen LogP contribution in [0.1, 0.15) is 21.9 Å². The second-order valence-electron chi connectivity index (χ2n) is 6.64. The average molecular weight is 427 g/mol. The number of nitrogens with zero attached hydrogens (tertiary/aromatic N) is 2. The largest absolute Gasteiger partial charge is 0.456 e. The highest BCUT2D eigenvalue weighted by Gasteiger charge is 2.35. The van der Waals surface area contributed by atoms with E-state index in [1.807, 2.05) is 5.32 Å². The lowest BCUT2D eigenvalue weighted by Crippen LogP contribution is -2.52. The molecular weight excluding hydrogens is 410 g/mol. The van der Waals surface area contributed by atoms with Crippen molar-refractivity contribution in [1.29, 1.82) is 0 Å². The molecule has 3 amide bonds. The molecule has 0 bridgehead atoms. The third kappa shape index (κ3) is 4.61. The molecule has 7 nitrogen and oxygen atoms in total. The number of anilines is 1. The molecule has 2 aromatic rings. The highest BCUT2D eigenvalue weighted by atomic mass is 19.4. The summed E-state index contributed by atoms with van der Waals surface area (Å²) < 4.78 is 56.9. The fourth-order valence-corrected chi connectivity index (χ4v) is 2.97. The van der Waals surface area contributed by atoms with Gasteiger partial charge in [0.25, 0.3) is 5.91 Å². The summed E-state index contributed by atoms with van der Waals surface area (Å²) in [5, 5.41) is 2.05. The number of carbonyl (C=O) groups is 3. The van der Waals surface area contributed by atoms with Crippen LogP contribution in [0.2, 0.25) is 0 Å². The molecule has 0 radical (unpaired) electrons. The van der Waals surface area contributed by atoms with Gasteiger partial charge in [-0.15, -0.1) is 0 Å². The van der Waals surface area contributed by atoms with Gasteiger partial charge in [0.15, 0.2) is 5.76 Å². The maximum atomic E-state index is 13.3. The second-order valence-corrected chi connectivity index (χ2v) is 6.64. The molecule has 1 N–H and O–H groups in total. The molecule has 160 valence electrons. The van der Waals surface area contributed by atoms with Gasteiger partial charge in [-0.05, 0) is 37.3 Å². The van der Waals surface area contributed by atoms with Crippen LogP contribution in [0.5, 0.6) is 0 Å². The zero-order valence-electron chi connectivity index (χ0n) is 15.8. The molecule has 1 aromatic heterocycles. The molecular formula is C19H17F4N3O4. The maximum Gasteiger partial charge on any atom is 0.419 e. The van der Waals surface area contributed by atoms with Crippen molar-refractivity contribution in [2.45, 2.75) is 13.1 Å². The molecule has 11 heteroatoms. The summed E-state index contributed by atoms with van der Waals surface area (Å²) in [5.41, 5.74) is -1.91. The van der Waals surface area contributed by atoms with E-state index in [1.54, 1.807) is 19.1 Å². The number of halogens is 4. The van der Waals surface area contributed by atoms with Gasteiger partial charge in [0.1, 0.15) is 11.6 Å². The minimum absolute atomic E-state index is 0.0644. The third-order valence-electron chi connectivity index (χ3n) is 4.53. The number of piperazine rings is 1. The Kier molecular flexibility index (Phi) is 5.81. The first-order valence-corrected chi connectivity index (χ1v) is 8.89. The Morgan fingerprint density at radius 3 is 2.20 bits per heavy atom. The number of nitrogens with one attached hydrogen (secondary N) is 1. The zero-order chi connectivity index (χ0) is 22.1. The first-order chi connectivity index (χ1) is 14.1. The van der Waals surface area contributed by atoms with Gasteiger partial charge < -0.3 is 19.5 Å². The van der Waals surface area contributed by atoms with Gasteiger partial charge in [-0.1, -0.05) is 0 Å². The van der Waals surface area contributed by atoms with Crippen molar-refractivity contribution in [3.63, 3.8) is 0 Å². The van der Waals surface area contributed by atoms with Crippen LogP contribution < -0.4 is 5.32 Å². The van der Waals surface area contributed by atoms with Gasteiger partial charge in [0.2, 0.25) is 0 Å². The van der Waals surface area contributed by atoms with Crippen molar-refractivity contribution in [3.05, 3.63) is 53.2 Å². The number of hydrogen-bond donors (Lipinski definition) is 1. The first-order valence-electron chi connectivity index (χ1n) is 8.89.